The van der Waals surface area contributed by atoms with E-state index < -0.39 is 0 Å². The Hall–Kier alpha value is -1.85. The monoisotopic (exact) mass is 356 g/mol. The molecule has 5 heteroatoms. The van der Waals surface area contributed by atoms with Gasteiger partial charge in [-0.2, -0.15) is 11.3 Å². The second kappa shape index (κ2) is 6.81. The van der Waals surface area contributed by atoms with Crippen molar-refractivity contribution in [3.63, 3.8) is 0 Å². The van der Waals surface area contributed by atoms with E-state index in [4.69, 9.17) is 4.74 Å². The van der Waals surface area contributed by atoms with E-state index in [1.54, 1.807) is 18.3 Å². The fourth-order valence-electron chi connectivity index (χ4n) is 3.97. The first kappa shape index (κ1) is 16.6. The van der Waals surface area contributed by atoms with E-state index in [9.17, 15) is 4.79 Å². The zero-order chi connectivity index (χ0) is 17.3. The highest BCUT2D eigenvalue weighted by atomic mass is 32.1. The molecule has 1 fully saturated rings. The van der Waals surface area contributed by atoms with Crippen molar-refractivity contribution in [2.75, 3.05) is 13.1 Å². The van der Waals surface area contributed by atoms with Crippen molar-refractivity contribution in [1.82, 2.24) is 10.2 Å². The maximum absolute atomic E-state index is 11.6. The Labute approximate surface area is 152 Å². The molecule has 0 radical (unpaired) electrons. The number of likely N-dealkylation sites (tertiary alicyclic amines) is 1. The molecule has 3 heterocycles. The van der Waals surface area contributed by atoms with Gasteiger partial charge in [-0.05, 0) is 28.5 Å². The molecule has 1 spiro atoms. The molecule has 0 bridgehead atoms. The lowest BCUT2D eigenvalue weighted by atomic mass is 9.80. The minimum absolute atomic E-state index is 0.160. The Balaban J connectivity index is 1.53. The fraction of sp³-hybridized carbons (Fsp3) is 0.450. The molecule has 1 aromatic carbocycles. The molecule has 25 heavy (non-hydrogen) atoms. The van der Waals surface area contributed by atoms with Gasteiger partial charge in [-0.25, -0.2) is 0 Å². The Bertz CT molecular complexity index is 736. The third-order valence-electron chi connectivity index (χ3n) is 5.45. The number of hydrogen-bond acceptors (Lipinski definition) is 4. The number of benzene rings is 1. The van der Waals surface area contributed by atoms with Crippen LogP contribution in [0.1, 0.15) is 43.4 Å². The van der Waals surface area contributed by atoms with Crippen LogP contribution in [-0.4, -0.2) is 29.5 Å². The van der Waals surface area contributed by atoms with Crippen LogP contribution in [0.15, 0.2) is 41.1 Å². The molecule has 0 aliphatic carbocycles. The molecule has 1 N–H and O–H groups in total. The SMILES string of the molecule is CC(=O)N1CCC2(CC1)C[C@@H](NCc1ccsc1)c1ccccc1O2. The van der Waals surface area contributed by atoms with Crippen molar-refractivity contribution in [2.24, 2.45) is 0 Å². The molecule has 2 aliphatic rings. The maximum atomic E-state index is 11.6. The van der Waals surface area contributed by atoms with Crippen molar-refractivity contribution < 1.29 is 9.53 Å². The molecule has 1 atom stereocenters. The standard InChI is InChI=1S/C20H24N2O2S/c1-15(23)22-9-7-20(8-10-22)12-18(21-13-16-6-11-25-14-16)17-4-2-3-5-19(17)24-20/h2-6,11,14,18,21H,7-10,12-13H2,1H3/t18-/m1/s1. The zero-order valence-corrected chi connectivity index (χ0v) is 15.3. The van der Waals surface area contributed by atoms with Gasteiger partial charge in [0, 0.05) is 57.4 Å². The molecule has 0 saturated carbocycles. The molecule has 1 amide bonds. The number of nitrogens with zero attached hydrogens (tertiary/aromatic N) is 1. The molecular weight excluding hydrogens is 332 g/mol. The number of hydrogen-bond donors (Lipinski definition) is 1. The van der Waals surface area contributed by atoms with Gasteiger partial charge in [0.15, 0.2) is 0 Å². The predicted molar refractivity (Wildman–Crippen MR) is 99.8 cm³/mol. The molecule has 132 valence electrons. The lowest BCUT2D eigenvalue weighted by Gasteiger charge is -2.47. The largest absolute Gasteiger partial charge is 0.487 e. The Morgan fingerprint density at radius 1 is 1.32 bits per heavy atom. The minimum Gasteiger partial charge on any atom is -0.487 e. The van der Waals surface area contributed by atoms with Gasteiger partial charge < -0.3 is 15.0 Å². The lowest BCUT2D eigenvalue weighted by molar-refractivity contribution is -0.133. The molecule has 1 saturated heterocycles. The summed E-state index contributed by atoms with van der Waals surface area (Å²) in [6, 6.07) is 10.8. The summed E-state index contributed by atoms with van der Waals surface area (Å²) in [7, 11) is 0. The van der Waals surface area contributed by atoms with Crippen molar-refractivity contribution in [3.8, 4) is 5.75 Å². The molecule has 0 unspecified atom stereocenters. The van der Waals surface area contributed by atoms with Gasteiger partial charge >= 0.3 is 0 Å². The van der Waals surface area contributed by atoms with E-state index in [0.717, 1.165) is 44.6 Å². The van der Waals surface area contributed by atoms with Gasteiger partial charge in [0.1, 0.15) is 11.4 Å². The van der Waals surface area contributed by atoms with Gasteiger partial charge in [0.25, 0.3) is 0 Å². The van der Waals surface area contributed by atoms with Gasteiger partial charge in [-0.15, -0.1) is 0 Å². The molecule has 2 aromatic rings. The molecular formula is C20H24N2O2S. The number of nitrogens with one attached hydrogen (secondary N) is 1. The molecule has 2 aliphatic heterocycles. The van der Waals surface area contributed by atoms with Crippen molar-refractivity contribution in [1.29, 1.82) is 0 Å². The van der Waals surface area contributed by atoms with Gasteiger partial charge in [-0.1, -0.05) is 18.2 Å². The summed E-state index contributed by atoms with van der Waals surface area (Å²) in [5, 5.41) is 8.04. The van der Waals surface area contributed by atoms with Crippen molar-refractivity contribution >= 4 is 17.2 Å². The van der Waals surface area contributed by atoms with Gasteiger partial charge in [0.2, 0.25) is 5.91 Å². The quantitative estimate of drug-likeness (QED) is 0.911. The third-order valence-corrected chi connectivity index (χ3v) is 6.18. The van der Waals surface area contributed by atoms with Crippen LogP contribution in [0, 0.1) is 0 Å². The number of carbonyl (C=O) groups is 1. The average Bonchev–Trinajstić information content (AvgIpc) is 3.13. The van der Waals surface area contributed by atoms with E-state index >= 15 is 0 Å². The summed E-state index contributed by atoms with van der Waals surface area (Å²) < 4.78 is 6.48. The van der Waals surface area contributed by atoms with E-state index in [1.807, 2.05) is 11.0 Å². The average molecular weight is 356 g/mol. The highest BCUT2D eigenvalue weighted by Crippen LogP contribution is 2.44. The number of thiophene rings is 1. The first-order chi connectivity index (χ1) is 12.2. The van der Waals surface area contributed by atoms with Crippen LogP contribution in [0.3, 0.4) is 0 Å². The highest BCUT2D eigenvalue weighted by molar-refractivity contribution is 7.07. The number of fused-ring (bicyclic) bond motifs is 1. The predicted octanol–water partition coefficient (Wildman–Crippen LogP) is 3.74. The third kappa shape index (κ3) is 3.44. The summed E-state index contributed by atoms with van der Waals surface area (Å²) in [5.41, 5.74) is 2.42. The van der Waals surface area contributed by atoms with Crippen LogP contribution in [0.4, 0.5) is 0 Å². The maximum Gasteiger partial charge on any atom is 0.219 e. The summed E-state index contributed by atoms with van der Waals surface area (Å²) in [5.74, 6) is 1.16. The summed E-state index contributed by atoms with van der Waals surface area (Å²) >= 11 is 1.73. The number of piperidine rings is 1. The van der Waals surface area contributed by atoms with Crippen molar-refractivity contribution in [2.45, 2.75) is 44.4 Å². The number of amides is 1. The van der Waals surface area contributed by atoms with E-state index in [0.29, 0.717) is 0 Å². The summed E-state index contributed by atoms with van der Waals surface area (Å²) in [6.45, 7) is 4.10. The van der Waals surface area contributed by atoms with E-state index in [1.165, 1.54) is 11.1 Å². The smallest absolute Gasteiger partial charge is 0.219 e. The second-order valence-corrected chi connectivity index (χ2v) is 7.88. The second-order valence-electron chi connectivity index (χ2n) is 7.10. The number of rotatable bonds is 3. The zero-order valence-electron chi connectivity index (χ0n) is 14.5. The highest BCUT2D eigenvalue weighted by Gasteiger charge is 2.43. The van der Waals surface area contributed by atoms with Crippen LogP contribution < -0.4 is 10.1 Å². The lowest BCUT2D eigenvalue weighted by Crippen LogP contribution is -2.52. The van der Waals surface area contributed by atoms with Gasteiger partial charge in [-0.3, -0.25) is 4.79 Å². The van der Waals surface area contributed by atoms with E-state index in [-0.39, 0.29) is 17.6 Å². The molecule has 4 rings (SSSR count). The summed E-state index contributed by atoms with van der Waals surface area (Å²) in [4.78, 5) is 13.6. The first-order valence-corrected chi connectivity index (χ1v) is 9.87. The van der Waals surface area contributed by atoms with Crippen LogP contribution in [0.5, 0.6) is 5.75 Å². The number of carbonyl (C=O) groups excluding carboxylic acids is 1. The van der Waals surface area contributed by atoms with Crippen LogP contribution in [0.25, 0.3) is 0 Å². The number of ether oxygens (including phenoxy) is 1. The van der Waals surface area contributed by atoms with Crippen LogP contribution in [-0.2, 0) is 11.3 Å². The van der Waals surface area contributed by atoms with Gasteiger partial charge in [0.05, 0.1) is 0 Å². The van der Waals surface area contributed by atoms with Crippen LogP contribution in [0.2, 0.25) is 0 Å². The molecule has 1 aromatic heterocycles. The van der Waals surface area contributed by atoms with Crippen molar-refractivity contribution in [3.05, 3.63) is 52.2 Å². The Kier molecular flexibility index (Phi) is 4.52. The Morgan fingerprint density at radius 3 is 2.84 bits per heavy atom. The van der Waals surface area contributed by atoms with Crippen LogP contribution >= 0.6 is 11.3 Å². The first-order valence-electron chi connectivity index (χ1n) is 8.93. The minimum atomic E-state index is -0.160. The topological polar surface area (TPSA) is 41.6 Å². The number of para-hydroxylation sites is 1. The summed E-state index contributed by atoms with van der Waals surface area (Å²) in [6.07, 6.45) is 2.76. The fourth-order valence-corrected chi connectivity index (χ4v) is 4.64. The van der Waals surface area contributed by atoms with E-state index in [2.05, 4.69) is 40.3 Å². The Morgan fingerprint density at radius 2 is 2.12 bits per heavy atom. The molecule has 4 nitrogen and oxygen atoms in total. The normalized spacial score (nSPS) is 21.6.